The molecular formula is C44H43P2Rh. The fraction of sp³-hybridized carbons (Fsp3) is 0.114. The third-order valence-corrected chi connectivity index (χ3v) is 12.5. The minimum atomic E-state index is -0.446. The Bertz CT molecular complexity index is 1280. The molecule has 6 aromatic rings. The van der Waals surface area contributed by atoms with Crippen LogP contribution in [0.15, 0.2) is 182 Å². The molecule has 0 bridgehead atoms. The molecule has 3 heteroatoms. The van der Waals surface area contributed by atoms with Crippen molar-refractivity contribution in [1.82, 2.24) is 0 Å². The van der Waals surface area contributed by atoms with Gasteiger partial charge in [0.2, 0.25) is 0 Å². The van der Waals surface area contributed by atoms with Crippen LogP contribution in [0.25, 0.3) is 0 Å². The van der Waals surface area contributed by atoms with E-state index < -0.39 is 15.8 Å². The standard InChI is InChI=1S/2C18H15P.C8H13.Rh/c2*1-4-10-16(11-5-1)19(17-12-6-2-7-13-17)18-14-8-3-9-15-18;1-2-4-6-8-7-5-3-1;/h2*1-15H;1-3H,4-8H2;. The number of hydrogen-bond acceptors (Lipinski definition) is 0. The summed E-state index contributed by atoms with van der Waals surface area (Å²) in [5, 5.41) is 8.39. The van der Waals surface area contributed by atoms with Crippen LogP contribution in [0.1, 0.15) is 32.1 Å². The van der Waals surface area contributed by atoms with Crippen molar-refractivity contribution < 1.29 is 19.5 Å². The van der Waals surface area contributed by atoms with Gasteiger partial charge in [-0.3, -0.25) is 0 Å². The van der Waals surface area contributed by atoms with Crippen LogP contribution in [0.2, 0.25) is 0 Å². The molecular weight excluding hydrogens is 693 g/mol. The zero-order valence-electron chi connectivity index (χ0n) is 26.8. The van der Waals surface area contributed by atoms with Gasteiger partial charge in [0.05, 0.1) is 0 Å². The third-order valence-electron chi connectivity index (χ3n) is 7.60. The summed E-state index contributed by atoms with van der Waals surface area (Å²) in [6, 6.07) is 64.7. The molecule has 1 aliphatic carbocycles. The van der Waals surface area contributed by atoms with Crippen LogP contribution in [0, 0.1) is 19.3 Å². The van der Waals surface area contributed by atoms with Crippen molar-refractivity contribution in [2.45, 2.75) is 32.1 Å². The predicted octanol–water partition coefficient (Wildman–Crippen LogP) is 9.45. The van der Waals surface area contributed by atoms with Gasteiger partial charge in [-0.1, -0.05) is 201 Å². The zero-order chi connectivity index (χ0) is 31.5. The van der Waals surface area contributed by atoms with Crippen LogP contribution in [0.3, 0.4) is 0 Å². The van der Waals surface area contributed by atoms with E-state index in [9.17, 15) is 0 Å². The van der Waals surface area contributed by atoms with E-state index in [1.54, 1.807) is 0 Å². The van der Waals surface area contributed by atoms with Crippen molar-refractivity contribution in [2.24, 2.45) is 0 Å². The topological polar surface area (TPSA) is 0 Å². The van der Waals surface area contributed by atoms with E-state index in [-0.39, 0.29) is 19.5 Å². The van der Waals surface area contributed by atoms with Crippen LogP contribution >= 0.6 is 15.8 Å². The first kappa shape index (κ1) is 36.6. The molecule has 0 nitrogen and oxygen atoms in total. The van der Waals surface area contributed by atoms with Crippen molar-refractivity contribution in [3.8, 4) is 0 Å². The number of hydrogen-bond donors (Lipinski definition) is 0. The summed E-state index contributed by atoms with van der Waals surface area (Å²) in [5.74, 6) is 0. The molecule has 0 heterocycles. The Morgan fingerprint density at radius 2 is 0.489 bits per heavy atom. The first-order chi connectivity index (χ1) is 22.9. The Morgan fingerprint density at radius 1 is 0.277 bits per heavy atom. The maximum atomic E-state index is 2.26. The second kappa shape index (κ2) is 21.6. The van der Waals surface area contributed by atoms with Gasteiger partial charge in [-0.25, -0.2) is 0 Å². The van der Waals surface area contributed by atoms with Crippen molar-refractivity contribution in [1.29, 1.82) is 0 Å². The Hall–Kier alpha value is -3.20. The van der Waals surface area contributed by atoms with Gasteiger partial charge in [0.1, 0.15) is 0 Å². The van der Waals surface area contributed by atoms with Crippen molar-refractivity contribution >= 4 is 47.7 Å². The van der Waals surface area contributed by atoms with Crippen LogP contribution < -0.4 is 31.8 Å². The molecule has 1 saturated carbocycles. The fourth-order valence-electron chi connectivity index (χ4n) is 5.35. The van der Waals surface area contributed by atoms with E-state index in [4.69, 9.17) is 0 Å². The van der Waals surface area contributed by atoms with Gasteiger partial charge < -0.3 is 0 Å². The molecule has 0 atom stereocenters. The number of benzene rings is 6. The minimum Gasteiger partial charge on any atom is -0.0622 e. The minimum absolute atomic E-state index is 0. The van der Waals surface area contributed by atoms with Gasteiger partial charge in [0, 0.05) is 19.5 Å². The zero-order valence-corrected chi connectivity index (χ0v) is 30.2. The predicted molar refractivity (Wildman–Crippen MR) is 206 cm³/mol. The van der Waals surface area contributed by atoms with Crippen LogP contribution in [-0.4, -0.2) is 0 Å². The molecule has 0 aromatic heterocycles. The van der Waals surface area contributed by atoms with Gasteiger partial charge in [-0.2, -0.15) is 0 Å². The molecule has 1 fully saturated rings. The Kier molecular flexibility index (Phi) is 16.9. The molecule has 0 unspecified atom stereocenters. The second-order valence-electron chi connectivity index (χ2n) is 11.0. The summed E-state index contributed by atoms with van der Waals surface area (Å²) in [5.41, 5.74) is 0. The molecule has 4 radical (unpaired) electrons. The summed E-state index contributed by atoms with van der Waals surface area (Å²) in [6.07, 6.45) is 13.5. The quantitative estimate of drug-likeness (QED) is 0.118. The average Bonchev–Trinajstić information content (AvgIpc) is 3.12. The maximum Gasteiger partial charge on any atom is 0 e. The Morgan fingerprint density at radius 3 is 0.702 bits per heavy atom. The van der Waals surface area contributed by atoms with E-state index in [2.05, 4.69) is 201 Å². The Balaban J connectivity index is 0.000000171. The van der Waals surface area contributed by atoms with E-state index >= 15 is 0 Å². The molecule has 238 valence electrons. The SMILES string of the molecule is [CH]1[CH]CCCCC[CH]1.[Rh].c1ccc(P(c2ccccc2)c2ccccc2)cc1.c1ccc(P(c2ccccc2)c2ccccc2)cc1. The van der Waals surface area contributed by atoms with Crippen molar-refractivity contribution in [3.63, 3.8) is 0 Å². The fourth-order valence-corrected chi connectivity index (χ4v) is 9.96. The molecule has 0 N–H and O–H groups in total. The first-order valence-electron chi connectivity index (χ1n) is 16.3. The van der Waals surface area contributed by atoms with Crippen LogP contribution in [-0.2, 0) is 19.5 Å². The molecule has 0 saturated heterocycles. The van der Waals surface area contributed by atoms with Gasteiger partial charge in [-0.15, -0.1) is 0 Å². The van der Waals surface area contributed by atoms with E-state index in [0.29, 0.717) is 0 Å². The summed E-state index contributed by atoms with van der Waals surface area (Å²) < 4.78 is 0. The molecule has 6 aromatic carbocycles. The van der Waals surface area contributed by atoms with E-state index in [1.807, 2.05) is 0 Å². The third kappa shape index (κ3) is 12.1. The summed E-state index contributed by atoms with van der Waals surface area (Å²) >= 11 is 0. The molecule has 7 rings (SSSR count). The molecule has 0 spiro atoms. The van der Waals surface area contributed by atoms with Crippen molar-refractivity contribution in [2.75, 3.05) is 0 Å². The van der Waals surface area contributed by atoms with E-state index in [1.165, 1.54) is 63.9 Å². The van der Waals surface area contributed by atoms with Gasteiger partial charge in [0.25, 0.3) is 0 Å². The molecule has 47 heavy (non-hydrogen) atoms. The average molecular weight is 737 g/mol. The van der Waals surface area contributed by atoms with Crippen LogP contribution in [0.5, 0.6) is 0 Å². The van der Waals surface area contributed by atoms with Crippen LogP contribution in [0.4, 0.5) is 0 Å². The second-order valence-corrected chi connectivity index (χ2v) is 15.4. The Labute approximate surface area is 299 Å². The normalized spacial score (nSPS) is 12.6. The molecule has 0 aliphatic heterocycles. The first-order valence-corrected chi connectivity index (χ1v) is 19.0. The smallest absolute Gasteiger partial charge is 0 e. The largest absolute Gasteiger partial charge is 0.0622 e. The number of rotatable bonds is 6. The molecule has 1 aliphatic rings. The summed E-state index contributed by atoms with van der Waals surface area (Å²) in [6.45, 7) is 0. The summed E-state index contributed by atoms with van der Waals surface area (Å²) in [7, 11) is -0.892. The van der Waals surface area contributed by atoms with Crippen molar-refractivity contribution in [3.05, 3.63) is 201 Å². The maximum absolute atomic E-state index is 2.26. The molecule has 0 amide bonds. The van der Waals surface area contributed by atoms with Gasteiger partial charge in [-0.05, 0) is 79.8 Å². The van der Waals surface area contributed by atoms with Gasteiger partial charge in [0.15, 0.2) is 0 Å². The van der Waals surface area contributed by atoms with Gasteiger partial charge >= 0.3 is 0 Å². The summed E-state index contributed by atoms with van der Waals surface area (Å²) in [4.78, 5) is 0. The van der Waals surface area contributed by atoms with E-state index in [0.717, 1.165) is 0 Å². The monoisotopic (exact) mass is 736 g/mol.